The molecule has 1 aliphatic heterocycles. The molecule has 1 aromatic rings. The number of benzene rings is 1. The predicted molar refractivity (Wildman–Crippen MR) is 77.3 cm³/mol. The minimum absolute atomic E-state index is 0.262. The number of nitrogens with two attached hydrogens (primary N) is 1. The van der Waals surface area contributed by atoms with Crippen LogP contribution >= 0.6 is 15.9 Å². The van der Waals surface area contributed by atoms with Gasteiger partial charge in [0.2, 0.25) is 0 Å². The van der Waals surface area contributed by atoms with Gasteiger partial charge in [-0.15, -0.1) is 0 Å². The first-order valence-corrected chi connectivity index (χ1v) is 8.79. The highest BCUT2D eigenvalue weighted by molar-refractivity contribution is 9.10. The van der Waals surface area contributed by atoms with E-state index in [0.29, 0.717) is 24.0 Å². The van der Waals surface area contributed by atoms with Crippen molar-refractivity contribution in [1.82, 2.24) is 0 Å². The van der Waals surface area contributed by atoms with Crippen molar-refractivity contribution in [2.45, 2.75) is 18.8 Å². The quantitative estimate of drug-likeness (QED) is 0.924. The first-order chi connectivity index (χ1) is 8.52. The fraction of sp³-hybridized carbons (Fsp3) is 0.538. The van der Waals surface area contributed by atoms with Crippen molar-refractivity contribution < 1.29 is 8.42 Å². The minimum Gasteiger partial charge on any atom is -0.330 e. The standard InChI is InChI=1S/C13H18BrNO2S/c14-12-3-1-2-11(8-12)13(9-15)10-4-6-18(16,17)7-5-10/h1-3,8,10,13H,4-7,9,15H2. The molecular weight excluding hydrogens is 314 g/mol. The number of rotatable bonds is 3. The van der Waals surface area contributed by atoms with Crippen LogP contribution in [0.3, 0.4) is 0 Å². The van der Waals surface area contributed by atoms with Gasteiger partial charge in [-0.1, -0.05) is 28.1 Å². The number of sulfone groups is 1. The molecule has 0 saturated carbocycles. The Morgan fingerprint density at radius 1 is 1.33 bits per heavy atom. The van der Waals surface area contributed by atoms with Gasteiger partial charge in [0.25, 0.3) is 0 Å². The summed E-state index contributed by atoms with van der Waals surface area (Å²) >= 11 is 3.47. The van der Waals surface area contributed by atoms with E-state index in [2.05, 4.69) is 28.1 Å². The average molecular weight is 332 g/mol. The topological polar surface area (TPSA) is 60.2 Å². The van der Waals surface area contributed by atoms with E-state index in [1.807, 2.05) is 12.1 Å². The molecule has 1 aliphatic rings. The van der Waals surface area contributed by atoms with Crippen LogP contribution in [0.5, 0.6) is 0 Å². The molecule has 0 spiro atoms. The lowest BCUT2D eigenvalue weighted by atomic mass is 9.82. The number of hydrogen-bond donors (Lipinski definition) is 1. The van der Waals surface area contributed by atoms with Crippen LogP contribution in [-0.4, -0.2) is 26.5 Å². The lowest BCUT2D eigenvalue weighted by Gasteiger charge is -2.29. The molecule has 1 atom stereocenters. The SMILES string of the molecule is NCC(c1cccc(Br)c1)C1CCS(=O)(=O)CC1. The van der Waals surface area contributed by atoms with Gasteiger partial charge in [0.05, 0.1) is 11.5 Å². The summed E-state index contributed by atoms with van der Waals surface area (Å²) in [4.78, 5) is 0. The molecule has 0 aliphatic carbocycles. The van der Waals surface area contributed by atoms with Crippen molar-refractivity contribution >= 4 is 25.8 Å². The summed E-state index contributed by atoms with van der Waals surface area (Å²) in [5.74, 6) is 1.26. The molecule has 0 bridgehead atoms. The van der Waals surface area contributed by atoms with E-state index >= 15 is 0 Å². The molecule has 1 saturated heterocycles. The van der Waals surface area contributed by atoms with Gasteiger partial charge in [-0.3, -0.25) is 0 Å². The Labute approximate surface area is 117 Å². The first kappa shape index (κ1) is 14.0. The maximum absolute atomic E-state index is 11.5. The molecule has 0 radical (unpaired) electrons. The second kappa shape index (κ2) is 5.72. The molecule has 18 heavy (non-hydrogen) atoms. The number of hydrogen-bond acceptors (Lipinski definition) is 3. The third-order valence-corrected chi connectivity index (χ3v) is 5.91. The fourth-order valence-electron chi connectivity index (χ4n) is 2.65. The van der Waals surface area contributed by atoms with Crippen molar-refractivity contribution in [3.63, 3.8) is 0 Å². The largest absolute Gasteiger partial charge is 0.330 e. The molecule has 1 fully saturated rings. The maximum atomic E-state index is 11.5. The van der Waals surface area contributed by atoms with Gasteiger partial charge in [-0.05, 0) is 48.9 Å². The molecule has 100 valence electrons. The Balaban J connectivity index is 2.15. The maximum Gasteiger partial charge on any atom is 0.150 e. The lowest BCUT2D eigenvalue weighted by Crippen LogP contribution is -2.30. The van der Waals surface area contributed by atoms with Gasteiger partial charge >= 0.3 is 0 Å². The molecule has 5 heteroatoms. The Bertz CT molecular complexity index is 501. The first-order valence-electron chi connectivity index (χ1n) is 6.18. The zero-order valence-electron chi connectivity index (χ0n) is 10.2. The summed E-state index contributed by atoms with van der Waals surface area (Å²) in [7, 11) is -2.80. The van der Waals surface area contributed by atoms with Gasteiger partial charge in [-0.25, -0.2) is 8.42 Å². The van der Waals surface area contributed by atoms with E-state index in [9.17, 15) is 8.42 Å². The second-order valence-electron chi connectivity index (χ2n) is 4.89. The van der Waals surface area contributed by atoms with Crippen molar-refractivity contribution in [2.24, 2.45) is 11.7 Å². The van der Waals surface area contributed by atoms with E-state index in [1.54, 1.807) is 0 Å². The molecule has 1 unspecified atom stereocenters. The van der Waals surface area contributed by atoms with Crippen molar-refractivity contribution in [3.05, 3.63) is 34.3 Å². The highest BCUT2D eigenvalue weighted by Gasteiger charge is 2.29. The zero-order chi connectivity index (χ0) is 13.2. The highest BCUT2D eigenvalue weighted by atomic mass is 79.9. The van der Waals surface area contributed by atoms with Crippen molar-refractivity contribution in [2.75, 3.05) is 18.1 Å². The summed E-state index contributed by atoms with van der Waals surface area (Å²) in [6.45, 7) is 0.571. The van der Waals surface area contributed by atoms with E-state index < -0.39 is 9.84 Å². The highest BCUT2D eigenvalue weighted by Crippen LogP contribution is 2.33. The van der Waals surface area contributed by atoms with Crippen LogP contribution in [0.4, 0.5) is 0 Å². The Kier molecular flexibility index (Phi) is 4.45. The van der Waals surface area contributed by atoms with E-state index in [4.69, 9.17) is 5.73 Å². The predicted octanol–water partition coefficient (Wildman–Crippen LogP) is 2.32. The van der Waals surface area contributed by atoms with E-state index in [0.717, 1.165) is 17.3 Å². The lowest BCUT2D eigenvalue weighted by molar-refractivity contribution is 0.389. The van der Waals surface area contributed by atoms with Crippen LogP contribution in [0, 0.1) is 5.92 Å². The minimum atomic E-state index is -2.80. The molecule has 0 aromatic heterocycles. The zero-order valence-corrected chi connectivity index (χ0v) is 12.6. The summed E-state index contributed by atoms with van der Waals surface area (Å²) in [5, 5.41) is 0. The summed E-state index contributed by atoms with van der Waals surface area (Å²) in [6, 6.07) is 8.15. The van der Waals surface area contributed by atoms with Crippen molar-refractivity contribution in [1.29, 1.82) is 0 Å². The molecule has 1 heterocycles. The normalized spacial score (nSPS) is 21.7. The Morgan fingerprint density at radius 3 is 2.56 bits per heavy atom. The van der Waals surface area contributed by atoms with Gasteiger partial charge in [0, 0.05) is 4.47 Å². The number of halogens is 1. The molecule has 3 nitrogen and oxygen atoms in total. The van der Waals surface area contributed by atoms with Crippen molar-refractivity contribution in [3.8, 4) is 0 Å². The third kappa shape index (κ3) is 3.33. The molecule has 0 amide bonds. The monoisotopic (exact) mass is 331 g/mol. The molecule has 2 N–H and O–H groups in total. The van der Waals surface area contributed by atoms with Gasteiger partial charge in [0.1, 0.15) is 9.84 Å². The van der Waals surface area contributed by atoms with E-state index in [1.165, 1.54) is 5.56 Å². The summed E-state index contributed by atoms with van der Waals surface area (Å²) in [6.07, 6.45) is 1.47. The smallest absolute Gasteiger partial charge is 0.150 e. The van der Waals surface area contributed by atoms with Crippen LogP contribution in [-0.2, 0) is 9.84 Å². The second-order valence-corrected chi connectivity index (χ2v) is 8.11. The van der Waals surface area contributed by atoms with Crippen LogP contribution < -0.4 is 5.73 Å². The third-order valence-electron chi connectivity index (χ3n) is 3.70. The Morgan fingerprint density at radius 2 is 2.00 bits per heavy atom. The summed E-state index contributed by atoms with van der Waals surface area (Å²) < 4.78 is 24.0. The van der Waals surface area contributed by atoms with Gasteiger partial charge in [-0.2, -0.15) is 0 Å². The van der Waals surface area contributed by atoms with Crippen LogP contribution in [0.2, 0.25) is 0 Å². The van der Waals surface area contributed by atoms with Gasteiger partial charge < -0.3 is 5.73 Å². The fourth-order valence-corrected chi connectivity index (χ4v) is 4.59. The molecule has 2 rings (SSSR count). The van der Waals surface area contributed by atoms with Crippen LogP contribution in [0.15, 0.2) is 28.7 Å². The van der Waals surface area contributed by atoms with Crippen LogP contribution in [0.25, 0.3) is 0 Å². The molecule has 1 aromatic carbocycles. The summed E-state index contributed by atoms with van der Waals surface area (Å²) in [5.41, 5.74) is 7.09. The molecular formula is C13H18BrNO2S. The van der Waals surface area contributed by atoms with Gasteiger partial charge in [0.15, 0.2) is 0 Å². The average Bonchev–Trinajstić information content (AvgIpc) is 2.32. The van der Waals surface area contributed by atoms with Crippen LogP contribution in [0.1, 0.15) is 24.3 Å². The van der Waals surface area contributed by atoms with E-state index in [-0.39, 0.29) is 5.92 Å². The Hall–Kier alpha value is -0.390.